The normalized spacial score (nSPS) is 11.6. The van der Waals surface area contributed by atoms with Gasteiger partial charge in [-0.15, -0.1) is 0 Å². The maximum Gasteiger partial charge on any atom is 0.423 e. The quantitative estimate of drug-likeness (QED) is 0.171. The van der Waals surface area contributed by atoms with Crippen LogP contribution in [-0.4, -0.2) is 21.6 Å². The van der Waals surface area contributed by atoms with Crippen LogP contribution >= 0.6 is 23.4 Å². The van der Waals surface area contributed by atoms with Crippen molar-refractivity contribution >= 4 is 40.0 Å². The molecule has 0 spiro atoms. The molecule has 0 atom stereocenters. The molecule has 0 amide bonds. The fourth-order valence-corrected chi connectivity index (χ4v) is 4.54. The highest BCUT2D eigenvalue weighted by atomic mass is 35.5. The number of ether oxygens (including phenoxy) is 1. The highest BCUT2D eigenvalue weighted by Gasteiger charge is 2.38. The van der Waals surface area contributed by atoms with Crippen molar-refractivity contribution in [1.29, 1.82) is 0 Å². The molecule has 180 valence electrons. The summed E-state index contributed by atoms with van der Waals surface area (Å²) in [4.78, 5) is 28.1. The zero-order chi connectivity index (χ0) is 25.5. The number of alkyl halides is 3. The van der Waals surface area contributed by atoms with Crippen LogP contribution in [-0.2, 0) is 6.18 Å². The number of nitro groups is 1. The predicted molar refractivity (Wildman–Crippen MR) is 126 cm³/mol. The lowest BCUT2D eigenvalue weighted by atomic mass is 10.2. The zero-order valence-electron chi connectivity index (χ0n) is 18.1. The third kappa shape index (κ3) is 4.69. The Balaban J connectivity index is 1.99. The molecule has 35 heavy (non-hydrogen) atoms. The molecule has 0 N–H and O–H groups in total. The summed E-state index contributed by atoms with van der Waals surface area (Å²) in [6, 6.07) is 12.3. The maximum absolute atomic E-state index is 13.5. The van der Waals surface area contributed by atoms with Gasteiger partial charge in [-0.25, -0.2) is 4.98 Å². The van der Waals surface area contributed by atoms with Crippen LogP contribution in [0.5, 0.6) is 5.75 Å². The van der Waals surface area contributed by atoms with Gasteiger partial charge in [0.1, 0.15) is 11.3 Å². The van der Waals surface area contributed by atoms with E-state index in [1.54, 1.807) is 37.3 Å². The van der Waals surface area contributed by atoms with E-state index in [9.17, 15) is 28.1 Å². The predicted octanol–water partition coefficient (Wildman–Crippen LogP) is 6.43. The van der Waals surface area contributed by atoms with Crippen LogP contribution < -0.4 is 10.3 Å². The van der Waals surface area contributed by atoms with Crippen LogP contribution in [0, 0.1) is 17.0 Å². The number of aromatic nitrogens is 2. The molecular weight excluding hydrogens is 507 g/mol. The summed E-state index contributed by atoms with van der Waals surface area (Å²) in [6.07, 6.45) is -4.95. The Kier molecular flexibility index (Phi) is 6.48. The summed E-state index contributed by atoms with van der Waals surface area (Å²) < 4.78 is 47.2. The molecule has 0 saturated heterocycles. The number of fused-ring (bicyclic) bond motifs is 1. The van der Waals surface area contributed by atoms with Crippen LogP contribution in [0.1, 0.15) is 11.1 Å². The van der Waals surface area contributed by atoms with E-state index < -0.39 is 27.9 Å². The van der Waals surface area contributed by atoms with Crippen LogP contribution in [0.2, 0.25) is 5.02 Å². The smallest absolute Gasteiger partial charge is 0.423 e. The Morgan fingerprint density at radius 1 is 1.14 bits per heavy atom. The van der Waals surface area contributed by atoms with Crippen molar-refractivity contribution in [3.63, 3.8) is 0 Å². The molecule has 0 radical (unpaired) electrons. The van der Waals surface area contributed by atoms with Gasteiger partial charge in [-0.1, -0.05) is 35.5 Å². The molecular formula is C23H15ClF3N3O4S. The van der Waals surface area contributed by atoms with Crippen molar-refractivity contribution in [2.24, 2.45) is 0 Å². The van der Waals surface area contributed by atoms with Crippen molar-refractivity contribution in [1.82, 2.24) is 9.55 Å². The fourth-order valence-electron chi connectivity index (χ4n) is 3.45. The van der Waals surface area contributed by atoms with E-state index in [1.807, 2.05) is 0 Å². The van der Waals surface area contributed by atoms with Gasteiger partial charge in [0.2, 0.25) is 0 Å². The number of benzene rings is 3. The van der Waals surface area contributed by atoms with Gasteiger partial charge in [0.05, 0.1) is 28.6 Å². The minimum absolute atomic E-state index is 0.00325. The summed E-state index contributed by atoms with van der Waals surface area (Å²) >= 11 is 6.97. The van der Waals surface area contributed by atoms with Gasteiger partial charge in [0, 0.05) is 22.1 Å². The van der Waals surface area contributed by atoms with Crippen molar-refractivity contribution in [3.8, 4) is 11.4 Å². The second kappa shape index (κ2) is 9.23. The second-order valence-electron chi connectivity index (χ2n) is 7.36. The van der Waals surface area contributed by atoms with Crippen LogP contribution in [0.3, 0.4) is 0 Å². The van der Waals surface area contributed by atoms with E-state index in [0.29, 0.717) is 22.2 Å². The number of nitrogens with zero attached hydrogens (tertiary/aromatic N) is 3. The summed E-state index contributed by atoms with van der Waals surface area (Å²) in [5, 5.41) is 11.8. The number of rotatable bonds is 5. The molecule has 1 heterocycles. The number of halogens is 4. The molecule has 0 aliphatic heterocycles. The van der Waals surface area contributed by atoms with Crippen LogP contribution in [0.25, 0.3) is 16.6 Å². The van der Waals surface area contributed by atoms with E-state index in [4.69, 9.17) is 16.3 Å². The largest absolute Gasteiger partial charge is 0.495 e. The average Bonchev–Trinajstić information content (AvgIpc) is 2.80. The molecule has 4 rings (SSSR count). The lowest BCUT2D eigenvalue weighted by Gasteiger charge is -2.17. The first-order valence-electron chi connectivity index (χ1n) is 9.91. The number of hydrogen-bond acceptors (Lipinski definition) is 6. The molecule has 12 heteroatoms. The lowest BCUT2D eigenvalue weighted by molar-refractivity contribution is -0.388. The molecule has 0 bridgehead atoms. The lowest BCUT2D eigenvalue weighted by Crippen LogP contribution is -2.22. The molecule has 0 saturated carbocycles. The van der Waals surface area contributed by atoms with Crippen molar-refractivity contribution in [2.45, 2.75) is 23.2 Å². The van der Waals surface area contributed by atoms with Gasteiger partial charge >= 0.3 is 6.18 Å². The standard InChI is InChI=1S/C23H15ClF3N3O4S/c1-12-9-19(20(34-2)11-16(12)24)29-21(31)14-5-3-4-6-17(14)28-22(29)35-13-7-8-18(30(32)33)15(10-13)23(25,26)27/h3-11H,1-2H3. The van der Waals surface area contributed by atoms with Crippen molar-refractivity contribution in [3.05, 3.63) is 91.2 Å². The van der Waals surface area contributed by atoms with E-state index in [1.165, 1.54) is 23.8 Å². The average molecular weight is 522 g/mol. The first kappa shape index (κ1) is 24.6. The van der Waals surface area contributed by atoms with Crippen molar-refractivity contribution in [2.75, 3.05) is 7.11 Å². The first-order valence-corrected chi connectivity index (χ1v) is 11.1. The third-order valence-electron chi connectivity index (χ3n) is 5.13. The number of methoxy groups -OCH3 is 1. The molecule has 7 nitrogen and oxygen atoms in total. The third-order valence-corrected chi connectivity index (χ3v) is 6.48. The van der Waals surface area contributed by atoms with Gasteiger partial charge in [-0.05, 0) is 42.8 Å². The highest BCUT2D eigenvalue weighted by Crippen LogP contribution is 2.40. The highest BCUT2D eigenvalue weighted by molar-refractivity contribution is 7.99. The fraction of sp³-hybridized carbons (Fsp3) is 0.130. The molecule has 3 aromatic carbocycles. The Morgan fingerprint density at radius 2 is 1.86 bits per heavy atom. The zero-order valence-corrected chi connectivity index (χ0v) is 19.7. The second-order valence-corrected chi connectivity index (χ2v) is 8.81. The maximum atomic E-state index is 13.5. The molecule has 0 aliphatic rings. The summed E-state index contributed by atoms with van der Waals surface area (Å²) in [5.41, 5.74) is -1.69. The molecule has 0 unspecified atom stereocenters. The minimum Gasteiger partial charge on any atom is -0.495 e. The number of hydrogen-bond donors (Lipinski definition) is 0. The molecule has 0 aliphatic carbocycles. The molecule has 0 fully saturated rings. The van der Waals surface area contributed by atoms with E-state index in [2.05, 4.69) is 4.98 Å². The summed E-state index contributed by atoms with van der Waals surface area (Å²) in [7, 11) is 1.39. The Hall–Kier alpha value is -3.57. The minimum atomic E-state index is -4.95. The molecule has 1 aromatic heterocycles. The monoisotopic (exact) mass is 521 g/mol. The molecule has 4 aromatic rings. The van der Waals surface area contributed by atoms with Gasteiger partial charge in [0.25, 0.3) is 11.2 Å². The van der Waals surface area contributed by atoms with E-state index in [0.717, 1.165) is 17.8 Å². The first-order chi connectivity index (χ1) is 16.5. The van der Waals surface area contributed by atoms with Gasteiger partial charge in [0.15, 0.2) is 5.16 Å². The summed E-state index contributed by atoms with van der Waals surface area (Å²) in [5.74, 6) is 0.251. The SMILES string of the molecule is COc1cc(Cl)c(C)cc1-n1c(Sc2ccc([N+](=O)[O-])c(C(F)(F)F)c2)nc2ccccc2c1=O. The summed E-state index contributed by atoms with van der Waals surface area (Å²) in [6.45, 7) is 1.73. The van der Waals surface area contributed by atoms with Crippen LogP contribution in [0.4, 0.5) is 18.9 Å². The Bertz CT molecular complexity index is 1540. The number of aryl methyl sites for hydroxylation is 1. The van der Waals surface area contributed by atoms with Crippen molar-refractivity contribution < 1.29 is 22.8 Å². The van der Waals surface area contributed by atoms with Gasteiger partial charge in [-0.2, -0.15) is 13.2 Å². The topological polar surface area (TPSA) is 87.3 Å². The van der Waals surface area contributed by atoms with Gasteiger partial charge in [-0.3, -0.25) is 19.5 Å². The van der Waals surface area contributed by atoms with Crippen LogP contribution in [0.15, 0.2) is 69.4 Å². The Labute approximate surface area is 205 Å². The number of para-hydroxylation sites is 1. The van der Waals surface area contributed by atoms with Gasteiger partial charge < -0.3 is 4.74 Å². The number of nitro benzene ring substituents is 1. The Morgan fingerprint density at radius 3 is 2.51 bits per heavy atom. The van der Waals surface area contributed by atoms with E-state index in [-0.39, 0.29) is 26.9 Å². The van der Waals surface area contributed by atoms with E-state index >= 15 is 0 Å².